The molecule has 0 unspecified atom stereocenters. The van der Waals surface area contributed by atoms with Gasteiger partial charge in [-0.3, -0.25) is 18.7 Å². The highest BCUT2D eigenvalue weighted by Crippen LogP contribution is 2.33. The summed E-state index contributed by atoms with van der Waals surface area (Å²) in [6.45, 7) is 5.28. The zero-order valence-electron chi connectivity index (χ0n) is 29.3. The molecule has 4 aromatic heterocycles. The first-order chi connectivity index (χ1) is 26.4. The number of rotatable bonds is 6. The van der Waals surface area contributed by atoms with Crippen LogP contribution in [0.4, 0.5) is 0 Å². The first kappa shape index (κ1) is 45.4. The summed E-state index contributed by atoms with van der Waals surface area (Å²) in [4.78, 5) is 44.6. The number of benzene rings is 4. The summed E-state index contributed by atoms with van der Waals surface area (Å²) in [5.74, 6) is -0.0787. The van der Waals surface area contributed by atoms with Crippen LogP contribution in [0.2, 0.25) is 10.0 Å². The Balaban J connectivity index is 0.000000210. The first-order valence-corrected chi connectivity index (χ1v) is 21.7. The molecular weight excluding hydrogens is 860 g/mol. The number of nitrogens with zero attached hydrogens (tertiary/aromatic N) is 6. The normalized spacial score (nSPS) is 10.8. The molecule has 0 aliphatic heterocycles. The number of halogens is 2. The number of hydrogen-bond donors (Lipinski definition) is 1. The van der Waals surface area contributed by atoms with Crippen molar-refractivity contribution < 1.29 is 8.42 Å². The molecule has 0 N–H and O–H groups in total. The minimum Gasteiger partial charge on any atom is -0.267 e. The minimum absolute atomic E-state index is 0. The van der Waals surface area contributed by atoms with Crippen molar-refractivity contribution in [1.82, 2.24) is 29.1 Å². The molecule has 0 bridgehead atoms. The van der Waals surface area contributed by atoms with Gasteiger partial charge in [-0.25, -0.2) is 28.4 Å². The monoisotopic (exact) mass is 896 g/mol. The number of aryl methyl sites for hydroxylation is 2. The van der Waals surface area contributed by atoms with E-state index in [1.54, 1.807) is 18.2 Å². The molecule has 4 aromatic carbocycles. The lowest BCUT2D eigenvalue weighted by atomic mass is 10.2. The summed E-state index contributed by atoms with van der Waals surface area (Å²) in [6, 6.07) is 30.6. The minimum atomic E-state index is -3.48. The second-order valence-corrected chi connectivity index (χ2v) is 18.7. The van der Waals surface area contributed by atoms with E-state index in [9.17, 15) is 18.0 Å². The van der Waals surface area contributed by atoms with E-state index in [2.05, 4.69) is 32.6 Å². The second-order valence-electron chi connectivity index (χ2n) is 11.6. The highest BCUT2D eigenvalue weighted by Gasteiger charge is 2.21. The fourth-order valence-electron chi connectivity index (χ4n) is 5.08. The SMILES string of the molecule is C.C.CCS(=O)(=O)c1nc2ncn(-c3c(C)cccc3Cl)c(=O)c2s1.Cc1cccc(Cl)c1-n1cnc2nc(Sc3ccccc3)sc2c1=O.Sc1ccccc1. The molecule has 0 spiro atoms. The van der Waals surface area contributed by atoms with Gasteiger partial charge in [-0.1, -0.05) is 140 Å². The number of thiazole rings is 2. The molecule has 4 heterocycles. The smallest absolute Gasteiger partial charge is 0.267 e. The van der Waals surface area contributed by atoms with Crippen LogP contribution in [0.15, 0.2) is 138 Å². The lowest BCUT2D eigenvalue weighted by Crippen LogP contribution is -2.19. The van der Waals surface area contributed by atoms with Crippen molar-refractivity contribution in [3.8, 4) is 11.4 Å². The fraction of sp³-hybridized carbons (Fsp3) is 0.150. The maximum Gasteiger partial charge on any atom is 0.277 e. The van der Waals surface area contributed by atoms with E-state index in [0.29, 0.717) is 31.8 Å². The van der Waals surface area contributed by atoms with Gasteiger partial charge in [0.15, 0.2) is 15.6 Å². The Bertz CT molecular complexity index is 2820. The zero-order chi connectivity index (χ0) is 39.3. The summed E-state index contributed by atoms with van der Waals surface area (Å²) in [5, 5.41) is 0.936. The van der Waals surface area contributed by atoms with Crippen molar-refractivity contribution in [1.29, 1.82) is 0 Å². The van der Waals surface area contributed by atoms with E-state index >= 15 is 0 Å². The number of aromatic nitrogens is 6. The van der Waals surface area contributed by atoms with Gasteiger partial charge in [-0.2, -0.15) is 0 Å². The molecule has 57 heavy (non-hydrogen) atoms. The Kier molecular flexibility index (Phi) is 15.8. The van der Waals surface area contributed by atoms with Gasteiger partial charge in [0, 0.05) is 9.79 Å². The van der Waals surface area contributed by atoms with Crippen LogP contribution in [-0.4, -0.2) is 43.2 Å². The molecule has 0 aliphatic carbocycles. The van der Waals surface area contributed by atoms with Crippen molar-refractivity contribution in [3.63, 3.8) is 0 Å². The van der Waals surface area contributed by atoms with Gasteiger partial charge in [0.05, 0.1) is 27.2 Å². The molecule has 0 amide bonds. The Morgan fingerprint density at radius 1 is 0.684 bits per heavy atom. The molecule has 0 saturated heterocycles. The third-order valence-electron chi connectivity index (χ3n) is 7.81. The number of para-hydroxylation sites is 2. The van der Waals surface area contributed by atoms with Crippen LogP contribution in [0.1, 0.15) is 32.9 Å². The van der Waals surface area contributed by atoms with Crippen molar-refractivity contribution >= 4 is 101 Å². The molecule has 17 heteroatoms. The van der Waals surface area contributed by atoms with E-state index in [-0.39, 0.29) is 46.4 Å². The van der Waals surface area contributed by atoms with Crippen LogP contribution in [0.3, 0.4) is 0 Å². The maximum absolute atomic E-state index is 12.9. The molecule has 8 rings (SSSR count). The van der Waals surface area contributed by atoms with E-state index in [1.807, 2.05) is 92.7 Å². The maximum atomic E-state index is 12.9. The third-order valence-corrected chi connectivity index (χ3v) is 14.0. The highest BCUT2D eigenvalue weighted by molar-refractivity contribution is 8.01. The van der Waals surface area contributed by atoms with Crippen LogP contribution in [0.25, 0.3) is 32.1 Å². The summed E-state index contributed by atoms with van der Waals surface area (Å²) in [7, 11) is -3.48. The molecule has 10 nitrogen and oxygen atoms in total. The van der Waals surface area contributed by atoms with Gasteiger partial charge in [-0.15, -0.1) is 12.6 Å². The van der Waals surface area contributed by atoms with Gasteiger partial charge in [0.25, 0.3) is 11.1 Å². The lowest BCUT2D eigenvalue weighted by Gasteiger charge is -2.10. The average molecular weight is 898 g/mol. The molecular formula is C40H38Cl2N6O4S5. The predicted octanol–water partition coefficient (Wildman–Crippen LogP) is 10.8. The first-order valence-electron chi connectivity index (χ1n) is 16.3. The predicted molar refractivity (Wildman–Crippen MR) is 241 cm³/mol. The highest BCUT2D eigenvalue weighted by atomic mass is 35.5. The Labute approximate surface area is 358 Å². The van der Waals surface area contributed by atoms with E-state index < -0.39 is 9.84 Å². The van der Waals surface area contributed by atoms with Crippen molar-refractivity contribution in [2.75, 3.05) is 5.75 Å². The standard InChI is InChI=1S/C18H12ClN3OS2.C14H12ClN3O3S2.C6H6S.2CH4/c1-11-6-5-9-13(19)14(11)22-10-20-16-15(17(22)23)25-18(21-16)24-12-7-3-2-4-8-12;1-3-23(20,21)14-17-12-11(22-14)13(19)18(7-16-12)10-8(2)5-4-6-9(10)15;7-6-4-2-1-3-5-6;;/h2-10H,1H3;4-7H,3H2,1-2H3;1-5,7H;2*1H4. The Hall–Kier alpha value is -4.35. The van der Waals surface area contributed by atoms with E-state index in [1.165, 1.54) is 51.8 Å². The molecule has 8 aromatic rings. The summed E-state index contributed by atoms with van der Waals surface area (Å²) < 4.78 is 28.1. The fourth-order valence-corrected chi connectivity index (χ4v) is 10.2. The van der Waals surface area contributed by atoms with Crippen LogP contribution < -0.4 is 11.1 Å². The number of hydrogen-bond acceptors (Lipinski definition) is 12. The van der Waals surface area contributed by atoms with Crippen LogP contribution in [-0.2, 0) is 9.84 Å². The largest absolute Gasteiger partial charge is 0.277 e. The third kappa shape index (κ3) is 10.4. The molecule has 0 aliphatic rings. The van der Waals surface area contributed by atoms with Crippen LogP contribution >= 0.6 is 70.3 Å². The second kappa shape index (κ2) is 19.9. The van der Waals surface area contributed by atoms with Gasteiger partial charge in [0.1, 0.15) is 22.1 Å². The lowest BCUT2D eigenvalue weighted by molar-refractivity contribution is 0.596. The molecule has 296 valence electrons. The molecule has 0 atom stereocenters. The van der Waals surface area contributed by atoms with Gasteiger partial charge < -0.3 is 0 Å². The number of sulfone groups is 1. The van der Waals surface area contributed by atoms with Crippen LogP contribution in [0, 0.1) is 13.8 Å². The van der Waals surface area contributed by atoms with E-state index in [4.69, 9.17) is 23.2 Å². The summed E-state index contributed by atoms with van der Waals surface area (Å²) >= 11 is 20.3. The molecule has 0 fully saturated rings. The number of fused-ring (bicyclic) bond motifs is 2. The molecule has 0 saturated carbocycles. The average Bonchev–Trinajstić information content (AvgIpc) is 3.81. The van der Waals surface area contributed by atoms with Gasteiger partial charge >= 0.3 is 0 Å². The number of thiol groups is 1. The zero-order valence-corrected chi connectivity index (χ0v) is 34.9. The quantitative estimate of drug-likeness (QED) is 0.162. The summed E-state index contributed by atoms with van der Waals surface area (Å²) in [5.41, 5.74) is 2.98. The topological polar surface area (TPSA) is 130 Å². The van der Waals surface area contributed by atoms with Gasteiger partial charge in [-0.05, 0) is 61.4 Å². The van der Waals surface area contributed by atoms with Crippen LogP contribution in [0.5, 0.6) is 0 Å². The molecule has 0 radical (unpaired) electrons. The van der Waals surface area contributed by atoms with E-state index in [0.717, 1.165) is 36.6 Å². The Morgan fingerprint density at radius 2 is 1.16 bits per heavy atom. The summed E-state index contributed by atoms with van der Waals surface area (Å²) in [6.07, 6.45) is 2.82. The Morgan fingerprint density at radius 3 is 1.61 bits per heavy atom. The van der Waals surface area contributed by atoms with Crippen molar-refractivity contribution in [2.24, 2.45) is 0 Å². The van der Waals surface area contributed by atoms with Crippen molar-refractivity contribution in [2.45, 2.75) is 54.1 Å². The van der Waals surface area contributed by atoms with Crippen molar-refractivity contribution in [3.05, 3.63) is 152 Å². The van der Waals surface area contributed by atoms with Gasteiger partial charge in [0.2, 0.25) is 14.2 Å².